The summed E-state index contributed by atoms with van der Waals surface area (Å²) >= 11 is 0. The number of amides is 2. The van der Waals surface area contributed by atoms with E-state index >= 15 is 0 Å². The molecule has 1 aliphatic heterocycles. The largest absolute Gasteiger partial charge is 0.463 e. The van der Waals surface area contributed by atoms with Gasteiger partial charge in [-0.05, 0) is 25.3 Å². The van der Waals surface area contributed by atoms with Crippen molar-refractivity contribution in [2.75, 3.05) is 19.8 Å². The van der Waals surface area contributed by atoms with Gasteiger partial charge in [-0.1, -0.05) is 50.6 Å². The second-order valence-corrected chi connectivity index (χ2v) is 7.18. The molecule has 0 aromatic heterocycles. The van der Waals surface area contributed by atoms with E-state index in [2.05, 4.69) is 17.6 Å². The number of ether oxygens (including phenoxy) is 3. The summed E-state index contributed by atoms with van der Waals surface area (Å²) < 4.78 is 15.8. The Labute approximate surface area is 177 Å². The number of nitrogens with one attached hydrogen (secondary N) is 2. The number of carbonyl (C=O) groups is 3. The SMILES string of the molecule is CCCCOC(CC)NC(=O)[C@H](Cc1ccccc1)NC(=O)[C@]1(C(=O)OCC)CO1. The molecular formula is C22H32N2O6. The number of hydrogen-bond acceptors (Lipinski definition) is 6. The smallest absolute Gasteiger partial charge is 0.350 e. The molecule has 2 amide bonds. The van der Waals surface area contributed by atoms with Crippen molar-refractivity contribution in [1.29, 1.82) is 0 Å². The minimum Gasteiger partial charge on any atom is -0.463 e. The molecule has 0 radical (unpaired) electrons. The second-order valence-electron chi connectivity index (χ2n) is 7.18. The quantitative estimate of drug-likeness (QED) is 0.165. The Hall–Kier alpha value is -2.45. The summed E-state index contributed by atoms with van der Waals surface area (Å²) in [4.78, 5) is 37.9. The zero-order chi connectivity index (χ0) is 22.0. The van der Waals surface area contributed by atoms with E-state index in [1.54, 1.807) is 6.92 Å². The molecule has 1 aliphatic rings. The van der Waals surface area contributed by atoms with Crippen molar-refractivity contribution in [3.8, 4) is 0 Å². The van der Waals surface area contributed by atoms with E-state index in [1.807, 2.05) is 37.3 Å². The van der Waals surface area contributed by atoms with Gasteiger partial charge in [0.1, 0.15) is 12.3 Å². The van der Waals surface area contributed by atoms with Crippen LogP contribution in [0.5, 0.6) is 0 Å². The van der Waals surface area contributed by atoms with Gasteiger partial charge in [0, 0.05) is 13.0 Å². The zero-order valence-electron chi connectivity index (χ0n) is 17.9. The number of epoxide rings is 1. The maximum atomic E-state index is 13.0. The van der Waals surface area contributed by atoms with E-state index in [1.165, 1.54) is 0 Å². The second kappa shape index (κ2) is 11.7. The molecule has 1 fully saturated rings. The van der Waals surface area contributed by atoms with Gasteiger partial charge in [0.05, 0.1) is 13.2 Å². The average Bonchev–Trinajstić information content (AvgIpc) is 3.55. The Bertz CT molecular complexity index is 705. The topological polar surface area (TPSA) is 106 Å². The molecule has 3 atom stereocenters. The lowest BCUT2D eigenvalue weighted by atomic mass is 10.0. The molecule has 1 aromatic rings. The Morgan fingerprint density at radius 1 is 1.13 bits per heavy atom. The van der Waals surface area contributed by atoms with Crippen LogP contribution in [0.1, 0.15) is 45.6 Å². The number of carbonyl (C=O) groups excluding carboxylic acids is 3. The fraction of sp³-hybridized carbons (Fsp3) is 0.591. The maximum Gasteiger partial charge on any atom is 0.350 e. The third kappa shape index (κ3) is 6.53. The van der Waals surface area contributed by atoms with Gasteiger partial charge >= 0.3 is 5.97 Å². The summed E-state index contributed by atoms with van der Waals surface area (Å²) in [5.41, 5.74) is -0.785. The Balaban J connectivity index is 2.09. The van der Waals surface area contributed by atoms with Crippen molar-refractivity contribution in [3.63, 3.8) is 0 Å². The predicted octanol–water partition coefficient (Wildman–Crippen LogP) is 1.72. The first kappa shape index (κ1) is 23.8. The van der Waals surface area contributed by atoms with Crippen molar-refractivity contribution in [2.24, 2.45) is 0 Å². The molecular weight excluding hydrogens is 388 g/mol. The van der Waals surface area contributed by atoms with Crippen LogP contribution in [-0.2, 0) is 35.0 Å². The lowest BCUT2D eigenvalue weighted by Crippen LogP contribution is -2.55. The third-order valence-corrected chi connectivity index (χ3v) is 4.80. The highest BCUT2D eigenvalue weighted by Gasteiger charge is 2.61. The molecule has 0 bridgehead atoms. The number of esters is 1. The average molecular weight is 421 g/mol. The van der Waals surface area contributed by atoms with Gasteiger partial charge < -0.3 is 24.8 Å². The van der Waals surface area contributed by atoms with Crippen LogP contribution in [0.15, 0.2) is 30.3 Å². The summed E-state index contributed by atoms with van der Waals surface area (Å²) in [6, 6.07) is 8.45. The molecule has 0 aliphatic carbocycles. The van der Waals surface area contributed by atoms with Gasteiger partial charge in [0.25, 0.3) is 11.5 Å². The van der Waals surface area contributed by atoms with Crippen molar-refractivity contribution in [3.05, 3.63) is 35.9 Å². The molecule has 2 rings (SSSR count). The monoisotopic (exact) mass is 420 g/mol. The number of hydrogen-bond donors (Lipinski definition) is 2. The summed E-state index contributed by atoms with van der Waals surface area (Å²) in [6.45, 7) is 6.25. The lowest BCUT2D eigenvalue weighted by molar-refractivity contribution is -0.154. The summed E-state index contributed by atoms with van der Waals surface area (Å²) in [5, 5.41) is 5.52. The molecule has 1 saturated heterocycles. The van der Waals surface area contributed by atoms with E-state index in [9.17, 15) is 14.4 Å². The molecule has 0 saturated carbocycles. The fourth-order valence-corrected chi connectivity index (χ4v) is 2.89. The first-order chi connectivity index (χ1) is 14.5. The molecule has 1 unspecified atom stereocenters. The van der Waals surface area contributed by atoms with Crippen LogP contribution in [0.25, 0.3) is 0 Å². The van der Waals surface area contributed by atoms with Gasteiger partial charge in [0.2, 0.25) is 5.91 Å². The minimum atomic E-state index is -1.66. The summed E-state index contributed by atoms with van der Waals surface area (Å²) in [5.74, 6) is -1.79. The van der Waals surface area contributed by atoms with Crippen LogP contribution in [0, 0.1) is 0 Å². The molecule has 0 spiro atoms. The highest BCUT2D eigenvalue weighted by atomic mass is 16.6. The van der Waals surface area contributed by atoms with Crippen LogP contribution in [0.3, 0.4) is 0 Å². The normalized spacial score (nSPS) is 19.4. The molecule has 2 N–H and O–H groups in total. The highest BCUT2D eigenvalue weighted by molar-refractivity contribution is 6.10. The summed E-state index contributed by atoms with van der Waals surface area (Å²) in [6.07, 6.45) is 2.30. The Morgan fingerprint density at radius 2 is 1.83 bits per heavy atom. The van der Waals surface area contributed by atoms with E-state index in [4.69, 9.17) is 14.2 Å². The first-order valence-electron chi connectivity index (χ1n) is 10.5. The van der Waals surface area contributed by atoms with Crippen LogP contribution < -0.4 is 10.6 Å². The third-order valence-electron chi connectivity index (χ3n) is 4.80. The van der Waals surface area contributed by atoms with Crippen LogP contribution in [0.4, 0.5) is 0 Å². The molecule has 1 aromatic carbocycles. The number of benzene rings is 1. The number of unbranched alkanes of at least 4 members (excludes halogenated alkanes) is 1. The van der Waals surface area contributed by atoms with E-state index < -0.39 is 29.7 Å². The Kier molecular flexibility index (Phi) is 9.26. The van der Waals surface area contributed by atoms with Crippen molar-refractivity contribution in [2.45, 2.75) is 64.3 Å². The number of rotatable bonds is 13. The van der Waals surface area contributed by atoms with Gasteiger partial charge in [-0.3, -0.25) is 9.59 Å². The molecule has 1 heterocycles. The standard InChI is InChI=1S/C22H32N2O6/c1-4-7-13-29-18(5-2)24-19(25)17(14-16-11-9-8-10-12-16)23-20(26)22(15-30-22)21(27)28-6-3/h8-12,17-18H,4-7,13-15H2,1-3H3,(H,23,26)(H,24,25)/t17-,18?,22-/m0/s1. The van der Waals surface area contributed by atoms with Gasteiger partial charge in [0.15, 0.2) is 0 Å². The van der Waals surface area contributed by atoms with Crippen LogP contribution in [-0.4, -0.2) is 55.5 Å². The van der Waals surface area contributed by atoms with Crippen molar-refractivity contribution >= 4 is 17.8 Å². The molecule has 8 heteroatoms. The molecule has 30 heavy (non-hydrogen) atoms. The Morgan fingerprint density at radius 3 is 2.40 bits per heavy atom. The molecule has 8 nitrogen and oxygen atoms in total. The van der Waals surface area contributed by atoms with Crippen LogP contribution in [0.2, 0.25) is 0 Å². The first-order valence-corrected chi connectivity index (χ1v) is 10.5. The highest BCUT2D eigenvalue weighted by Crippen LogP contribution is 2.29. The fourth-order valence-electron chi connectivity index (χ4n) is 2.89. The van der Waals surface area contributed by atoms with Crippen molar-refractivity contribution in [1.82, 2.24) is 10.6 Å². The van der Waals surface area contributed by atoms with Crippen LogP contribution >= 0.6 is 0 Å². The van der Waals surface area contributed by atoms with E-state index in [0.29, 0.717) is 13.0 Å². The van der Waals surface area contributed by atoms with Crippen molar-refractivity contribution < 1.29 is 28.6 Å². The maximum absolute atomic E-state index is 13.0. The van der Waals surface area contributed by atoms with Gasteiger partial charge in [-0.15, -0.1) is 0 Å². The van der Waals surface area contributed by atoms with E-state index in [-0.39, 0.29) is 25.5 Å². The predicted molar refractivity (Wildman–Crippen MR) is 110 cm³/mol. The minimum absolute atomic E-state index is 0.0605. The van der Waals surface area contributed by atoms with Gasteiger partial charge in [-0.2, -0.15) is 0 Å². The lowest BCUT2D eigenvalue weighted by Gasteiger charge is -2.24. The van der Waals surface area contributed by atoms with E-state index in [0.717, 1.165) is 18.4 Å². The zero-order valence-corrected chi connectivity index (χ0v) is 17.9. The molecule has 166 valence electrons. The summed E-state index contributed by atoms with van der Waals surface area (Å²) in [7, 11) is 0. The van der Waals surface area contributed by atoms with Gasteiger partial charge in [-0.25, -0.2) is 4.79 Å².